The minimum Gasteiger partial charge on any atom is -0.399 e. The van der Waals surface area contributed by atoms with Gasteiger partial charge in [0, 0.05) is 25.2 Å². The van der Waals surface area contributed by atoms with E-state index in [1.54, 1.807) is 0 Å². The summed E-state index contributed by atoms with van der Waals surface area (Å²) >= 11 is 0. The van der Waals surface area contributed by atoms with Gasteiger partial charge in [-0.15, -0.1) is 0 Å². The number of rotatable bonds is 5. The number of benzene rings is 1. The van der Waals surface area contributed by atoms with Crippen molar-refractivity contribution in [2.75, 3.05) is 32.5 Å². The lowest BCUT2D eigenvalue weighted by Gasteiger charge is -2.13. The molecule has 0 radical (unpaired) electrons. The zero-order valence-electron chi connectivity index (χ0n) is 9.98. The van der Waals surface area contributed by atoms with Crippen molar-refractivity contribution >= 4 is 16.7 Å². The molecular weight excluding hydrogens is 216 g/mol. The molecule has 0 saturated carbocycles. The van der Waals surface area contributed by atoms with E-state index in [4.69, 9.17) is 10.8 Å². The SMILES string of the molecule is CN(CCO)CCc1nc2ccc(N)cc2[nH]1. The number of nitrogens with zero attached hydrogens (tertiary/aromatic N) is 2. The number of H-pyrrole nitrogens is 1. The monoisotopic (exact) mass is 234 g/mol. The van der Waals surface area contributed by atoms with Gasteiger partial charge in [0.15, 0.2) is 0 Å². The molecule has 2 rings (SSSR count). The summed E-state index contributed by atoms with van der Waals surface area (Å²) in [7, 11) is 1.98. The Morgan fingerprint density at radius 3 is 3.00 bits per heavy atom. The number of nitrogens with two attached hydrogens (primary N) is 1. The number of nitrogens with one attached hydrogen (secondary N) is 1. The molecule has 0 aliphatic rings. The van der Waals surface area contributed by atoms with Crippen LogP contribution in [0.2, 0.25) is 0 Å². The maximum atomic E-state index is 8.80. The first-order valence-corrected chi connectivity index (χ1v) is 5.72. The van der Waals surface area contributed by atoms with Gasteiger partial charge in [-0.1, -0.05) is 0 Å². The molecule has 0 spiro atoms. The Bertz CT molecular complexity index is 494. The molecule has 2 aromatic rings. The van der Waals surface area contributed by atoms with Crippen LogP contribution in [0.5, 0.6) is 0 Å². The Hall–Kier alpha value is -1.59. The zero-order valence-corrected chi connectivity index (χ0v) is 9.98. The van der Waals surface area contributed by atoms with E-state index < -0.39 is 0 Å². The van der Waals surface area contributed by atoms with Gasteiger partial charge < -0.3 is 20.7 Å². The van der Waals surface area contributed by atoms with Gasteiger partial charge in [-0.2, -0.15) is 0 Å². The fourth-order valence-electron chi connectivity index (χ4n) is 1.78. The fourth-order valence-corrected chi connectivity index (χ4v) is 1.78. The molecule has 0 atom stereocenters. The zero-order chi connectivity index (χ0) is 12.3. The summed E-state index contributed by atoms with van der Waals surface area (Å²) < 4.78 is 0. The molecule has 0 aliphatic carbocycles. The van der Waals surface area contributed by atoms with Gasteiger partial charge in [-0.3, -0.25) is 0 Å². The Morgan fingerprint density at radius 2 is 2.24 bits per heavy atom. The minimum absolute atomic E-state index is 0.188. The third-order valence-electron chi connectivity index (χ3n) is 2.77. The molecular formula is C12H18N4O. The number of aliphatic hydroxyl groups is 1. The van der Waals surface area contributed by atoms with E-state index >= 15 is 0 Å². The average Bonchev–Trinajstić information content (AvgIpc) is 2.68. The Morgan fingerprint density at radius 1 is 1.41 bits per heavy atom. The number of aromatic amines is 1. The predicted molar refractivity (Wildman–Crippen MR) is 68.8 cm³/mol. The van der Waals surface area contributed by atoms with Gasteiger partial charge in [-0.05, 0) is 25.2 Å². The summed E-state index contributed by atoms with van der Waals surface area (Å²) in [6.07, 6.45) is 0.838. The fraction of sp³-hybridized carbons (Fsp3) is 0.417. The molecule has 1 aromatic carbocycles. The number of anilines is 1. The second kappa shape index (κ2) is 5.16. The van der Waals surface area contributed by atoms with E-state index in [-0.39, 0.29) is 6.61 Å². The van der Waals surface area contributed by atoms with Gasteiger partial charge in [0.05, 0.1) is 17.6 Å². The summed E-state index contributed by atoms with van der Waals surface area (Å²) in [5.74, 6) is 0.954. The maximum absolute atomic E-state index is 8.80. The second-order valence-corrected chi connectivity index (χ2v) is 4.24. The van der Waals surface area contributed by atoms with Crippen LogP contribution in [0.3, 0.4) is 0 Å². The van der Waals surface area contributed by atoms with E-state index in [1.165, 1.54) is 0 Å². The van der Waals surface area contributed by atoms with Gasteiger partial charge in [0.2, 0.25) is 0 Å². The second-order valence-electron chi connectivity index (χ2n) is 4.24. The highest BCUT2D eigenvalue weighted by Crippen LogP contribution is 2.15. The molecule has 0 amide bonds. The Kier molecular flexibility index (Phi) is 3.61. The first kappa shape index (κ1) is 11.9. The highest BCUT2D eigenvalue weighted by molar-refractivity contribution is 5.78. The van der Waals surface area contributed by atoms with Gasteiger partial charge >= 0.3 is 0 Å². The lowest BCUT2D eigenvalue weighted by Crippen LogP contribution is -2.24. The van der Waals surface area contributed by atoms with Crippen molar-refractivity contribution in [1.29, 1.82) is 0 Å². The lowest BCUT2D eigenvalue weighted by molar-refractivity contribution is 0.222. The molecule has 0 bridgehead atoms. The van der Waals surface area contributed by atoms with Crippen molar-refractivity contribution in [3.8, 4) is 0 Å². The molecule has 5 nitrogen and oxygen atoms in total. The minimum atomic E-state index is 0.188. The van der Waals surface area contributed by atoms with Crippen LogP contribution in [0, 0.1) is 0 Å². The van der Waals surface area contributed by atoms with E-state index in [2.05, 4.69) is 14.9 Å². The number of aliphatic hydroxyl groups excluding tert-OH is 1. The third kappa shape index (κ3) is 2.95. The summed E-state index contributed by atoms with van der Waals surface area (Å²) in [5, 5.41) is 8.80. The standard InChI is InChI=1S/C12H18N4O/c1-16(6-7-17)5-4-12-14-10-3-2-9(13)8-11(10)15-12/h2-3,8,17H,4-7,13H2,1H3,(H,14,15). The molecule has 92 valence electrons. The van der Waals surface area contributed by atoms with Crippen LogP contribution >= 0.6 is 0 Å². The lowest BCUT2D eigenvalue weighted by atomic mass is 10.3. The van der Waals surface area contributed by atoms with Crippen molar-refractivity contribution in [3.05, 3.63) is 24.0 Å². The first-order chi connectivity index (χ1) is 8.19. The topological polar surface area (TPSA) is 78.2 Å². The van der Waals surface area contributed by atoms with E-state index in [9.17, 15) is 0 Å². The summed E-state index contributed by atoms with van der Waals surface area (Å²) in [4.78, 5) is 9.81. The molecule has 4 N–H and O–H groups in total. The summed E-state index contributed by atoms with van der Waals surface area (Å²) in [6, 6.07) is 5.66. The molecule has 0 fully saturated rings. The number of aromatic nitrogens is 2. The van der Waals surface area contributed by atoms with Crippen LogP contribution in [-0.2, 0) is 6.42 Å². The van der Waals surface area contributed by atoms with Crippen LogP contribution in [0.25, 0.3) is 11.0 Å². The predicted octanol–water partition coefficient (Wildman–Crippen LogP) is 0.612. The molecule has 0 aliphatic heterocycles. The number of hydrogen-bond donors (Lipinski definition) is 3. The normalized spacial score (nSPS) is 11.5. The van der Waals surface area contributed by atoms with Gasteiger partial charge in [0.25, 0.3) is 0 Å². The maximum Gasteiger partial charge on any atom is 0.108 e. The van der Waals surface area contributed by atoms with Crippen LogP contribution in [0.4, 0.5) is 5.69 Å². The van der Waals surface area contributed by atoms with Gasteiger partial charge in [0.1, 0.15) is 5.82 Å². The van der Waals surface area contributed by atoms with Crippen molar-refractivity contribution in [2.24, 2.45) is 0 Å². The van der Waals surface area contributed by atoms with Crippen LogP contribution in [-0.4, -0.2) is 46.7 Å². The highest BCUT2D eigenvalue weighted by atomic mass is 16.3. The first-order valence-electron chi connectivity index (χ1n) is 5.72. The van der Waals surface area contributed by atoms with Crippen molar-refractivity contribution < 1.29 is 5.11 Å². The Balaban J connectivity index is 2.04. The largest absolute Gasteiger partial charge is 0.399 e. The third-order valence-corrected chi connectivity index (χ3v) is 2.77. The molecule has 0 unspecified atom stereocenters. The van der Waals surface area contributed by atoms with E-state index in [0.29, 0.717) is 6.54 Å². The van der Waals surface area contributed by atoms with E-state index in [1.807, 2.05) is 25.2 Å². The van der Waals surface area contributed by atoms with Crippen LogP contribution in [0.15, 0.2) is 18.2 Å². The molecule has 1 aromatic heterocycles. The smallest absolute Gasteiger partial charge is 0.108 e. The average molecular weight is 234 g/mol. The number of imidazole rings is 1. The summed E-state index contributed by atoms with van der Waals surface area (Å²) in [5.41, 5.74) is 8.37. The number of likely N-dealkylation sites (N-methyl/N-ethyl adjacent to an activating group) is 1. The van der Waals surface area contributed by atoms with Crippen molar-refractivity contribution in [1.82, 2.24) is 14.9 Å². The van der Waals surface area contributed by atoms with E-state index in [0.717, 1.165) is 35.5 Å². The number of nitrogen functional groups attached to an aromatic ring is 1. The number of hydrogen-bond acceptors (Lipinski definition) is 4. The van der Waals surface area contributed by atoms with Crippen LogP contribution in [0.1, 0.15) is 5.82 Å². The highest BCUT2D eigenvalue weighted by Gasteiger charge is 2.04. The molecule has 0 saturated heterocycles. The number of fused-ring (bicyclic) bond motifs is 1. The van der Waals surface area contributed by atoms with Crippen molar-refractivity contribution in [3.63, 3.8) is 0 Å². The van der Waals surface area contributed by atoms with Crippen molar-refractivity contribution in [2.45, 2.75) is 6.42 Å². The molecule has 17 heavy (non-hydrogen) atoms. The Labute approximate surface area is 100 Å². The summed E-state index contributed by atoms with van der Waals surface area (Å²) in [6.45, 7) is 1.75. The molecule has 1 heterocycles. The van der Waals surface area contributed by atoms with Gasteiger partial charge in [-0.25, -0.2) is 4.98 Å². The molecule has 5 heteroatoms. The van der Waals surface area contributed by atoms with Crippen LogP contribution < -0.4 is 5.73 Å². The quantitative estimate of drug-likeness (QED) is 0.662.